The molecular weight excluding hydrogens is 262 g/mol. The quantitative estimate of drug-likeness (QED) is 0.783. The number of hydrogen-bond acceptors (Lipinski definition) is 3. The van der Waals surface area contributed by atoms with Crippen molar-refractivity contribution < 1.29 is 9.53 Å². The summed E-state index contributed by atoms with van der Waals surface area (Å²) in [7, 11) is 0. The zero-order chi connectivity index (χ0) is 15.0. The third-order valence-electron chi connectivity index (χ3n) is 4.72. The first-order valence-corrected chi connectivity index (χ1v) is 7.95. The van der Waals surface area contributed by atoms with Crippen LogP contribution < -0.4 is 0 Å². The number of fused-ring (bicyclic) bond motifs is 1. The number of carbonyl (C=O) groups excluding carboxylic acids is 1. The van der Waals surface area contributed by atoms with E-state index in [1.54, 1.807) is 0 Å². The van der Waals surface area contributed by atoms with Crippen LogP contribution in [-0.4, -0.2) is 42.5 Å². The standard InChI is InChI=1S/C18H25NO2/c1-18(2,3)14-8-6-13(7-9-14)17(20)16-11-19-10-4-5-15(19)12-21-16/h6-9,15-16H,4-5,10-12H2,1-3H3. The lowest BCUT2D eigenvalue weighted by Crippen LogP contribution is -2.49. The first-order chi connectivity index (χ1) is 9.95. The second-order valence-corrected chi connectivity index (χ2v) is 7.30. The summed E-state index contributed by atoms with van der Waals surface area (Å²) >= 11 is 0. The molecule has 3 heteroatoms. The van der Waals surface area contributed by atoms with Crippen molar-refractivity contribution in [1.82, 2.24) is 4.90 Å². The average Bonchev–Trinajstić information content (AvgIpc) is 2.93. The topological polar surface area (TPSA) is 29.5 Å². The van der Waals surface area contributed by atoms with E-state index in [4.69, 9.17) is 4.74 Å². The fourth-order valence-corrected chi connectivity index (χ4v) is 3.30. The van der Waals surface area contributed by atoms with Crippen molar-refractivity contribution in [2.75, 3.05) is 19.7 Å². The van der Waals surface area contributed by atoms with Crippen molar-refractivity contribution in [1.29, 1.82) is 0 Å². The molecule has 2 fully saturated rings. The number of ether oxygens (including phenoxy) is 1. The van der Waals surface area contributed by atoms with Crippen molar-refractivity contribution in [3.05, 3.63) is 35.4 Å². The van der Waals surface area contributed by atoms with E-state index < -0.39 is 0 Å². The van der Waals surface area contributed by atoms with Gasteiger partial charge in [-0.2, -0.15) is 0 Å². The molecule has 21 heavy (non-hydrogen) atoms. The van der Waals surface area contributed by atoms with Gasteiger partial charge in [0, 0.05) is 18.2 Å². The molecule has 2 aliphatic rings. The molecule has 1 aromatic rings. The highest BCUT2D eigenvalue weighted by Crippen LogP contribution is 2.25. The van der Waals surface area contributed by atoms with Gasteiger partial charge in [-0.3, -0.25) is 9.69 Å². The van der Waals surface area contributed by atoms with Gasteiger partial charge in [-0.15, -0.1) is 0 Å². The van der Waals surface area contributed by atoms with E-state index in [9.17, 15) is 4.79 Å². The number of carbonyl (C=O) groups is 1. The monoisotopic (exact) mass is 287 g/mol. The van der Waals surface area contributed by atoms with Crippen LogP contribution >= 0.6 is 0 Å². The summed E-state index contributed by atoms with van der Waals surface area (Å²) in [6.45, 7) is 9.12. The Bertz CT molecular complexity index is 515. The van der Waals surface area contributed by atoms with Crippen LogP contribution in [0, 0.1) is 0 Å². The second kappa shape index (κ2) is 5.54. The summed E-state index contributed by atoms with van der Waals surface area (Å²) in [6.07, 6.45) is 2.15. The predicted molar refractivity (Wildman–Crippen MR) is 83.8 cm³/mol. The van der Waals surface area contributed by atoms with E-state index in [1.807, 2.05) is 12.1 Å². The first kappa shape index (κ1) is 14.7. The number of ketones is 1. The number of benzene rings is 1. The third kappa shape index (κ3) is 3.04. The van der Waals surface area contributed by atoms with Gasteiger partial charge in [-0.25, -0.2) is 0 Å². The molecule has 1 aromatic carbocycles. The molecule has 0 bridgehead atoms. The van der Waals surface area contributed by atoms with Crippen molar-refractivity contribution in [2.24, 2.45) is 0 Å². The van der Waals surface area contributed by atoms with Crippen LogP contribution in [0.1, 0.15) is 49.5 Å². The van der Waals surface area contributed by atoms with E-state index >= 15 is 0 Å². The van der Waals surface area contributed by atoms with Crippen molar-refractivity contribution in [3.8, 4) is 0 Å². The Hall–Kier alpha value is -1.19. The van der Waals surface area contributed by atoms with Crippen LogP contribution in [0.15, 0.2) is 24.3 Å². The van der Waals surface area contributed by atoms with Crippen molar-refractivity contribution >= 4 is 5.78 Å². The zero-order valence-corrected chi connectivity index (χ0v) is 13.3. The van der Waals surface area contributed by atoms with Gasteiger partial charge in [0.25, 0.3) is 0 Å². The van der Waals surface area contributed by atoms with Gasteiger partial charge in [0.2, 0.25) is 0 Å². The molecule has 0 aromatic heterocycles. The summed E-state index contributed by atoms with van der Waals surface area (Å²) in [5, 5.41) is 0. The molecular formula is C18H25NO2. The van der Waals surface area contributed by atoms with Crippen LogP contribution in [0.25, 0.3) is 0 Å². The van der Waals surface area contributed by atoms with E-state index in [0.29, 0.717) is 12.6 Å². The molecule has 0 aliphatic carbocycles. The molecule has 2 atom stereocenters. The Morgan fingerprint density at radius 3 is 2.62 bits per heavy atom. The fourth-order valence-electron chi connectivity index (χ4n) is 3.30. The lowest BCUT2D eigenvalue weighted by Gasteiger charge is -2.34. The van der Waals surface area contributed by atoms with Crippen LogP contribution in [0.3, 0.4) is 0 Å². The molecule has 2 aliphatic heterocycles. The Kier molecular flexibility index (Phi) is 3.89. The maximum atomic E-state index is 12.6. The van der Waals surface area contributed by atoms with Gasteiger partial charge in [-0.05, 0) is 30.4 Å². The minimum absolute atomic E-state index is 0.117. The largest absolute Gasteiger partial charge is 0.367 e. The molecule has 2 heterocycles. The number of morpholine rings is 1. The lowest BCUT2D eigenvalue weighted by atomic mass is 9.86. The SMILES string of the molecule is CC(C)(C)c1ccc(C(=O)C2CN3CCCC3CO2)cc1. The fraction of sp³-hybridized carbons (Fsp3) is 0.611. The predicted octanol–water partition coefficient (Wildman–Crippen LogP) is 3.03. The molecule has 2 saturated heterocycles. The zero-order valence-electron chi connectivity index (χ0n) is 13.3. The number of nitrogens with zero attached hydrogens (tertiary/aromatic N) is 1. The van der Waals surface area contributed by atoms with Crippen LogP contribution in [0.4, 0.5) is 0 Å². The summed E-state index contributed by atoms with van der Waals surface area (Å²) in [5.74, 6) is 0.126. The van der Waals surface area contributed by atoms with Gasteiger partial charge in [-0.1, -0.05) is 45.0 Å². The average molecular weight is 287 g/mol. The molecule has 3 rings (SSSR count). The first-order valence-electron chi connectivity index (χ1n) is 7.95. The lowest BCUT2D eigenvalue weighted by molar-refractivity contribution is -0.0344. The Morgan fingerprint density at radius 2 is 1.95 bits per heavy atom. The van der Waals surface area contributed by atoms with Crippen LogP contribution in [0.2, 0.25) is 0 Å². The van der Waals surface area contributed by atoms with Crippen LogP contribution in [-0.2, 0) is 10.2 Å². The van der Waals surface area contributed by atoms with Gasteiger partial charge >= 0.3 is 0 Å². The molecule has 114 valence electrons. The van der Waals surface area contributed by atoms with Crippen LogP contribution in [0.5, 0.6) is 0 Å². The highest BCUT2D eigenvalue weighted by Gasteiger charge is 2.35. The maximum Gasteiger partial charge on any atom is 0.192 e. The smallest absolute Gasteiger partial charge is 0.192 e. The summed E-state index contributed by atoms with van der Waals surface area (Å²) in [5.41, 5.74) is 2.14. The van der Waals surface area contributed by atoms with E-state index in [2.05, 4.69) is 37.8 Å². The Morgan fingerprint density at radius 1 is 1.24 bits per heavy atom. The number of hydrogen-bond donors (Lipinski definition) is 0. The maximum absolute atomic E-state index is 12.6. The molecule has 0 spiro atoms. The molecule has 2 unspecified atom stereocenters. The second-order valence-electron chi connectivity index (χ2n) is 7.30. The number of Topliss-reactive ketones (excluding diaryl/α,β-unsaturated/α-hetero) is 1. The van der Waals surface area contributed by atoms with Gasteiger partial charge in [0.15, 0.2) is 5.78 Å². The highest BCUT2D eigenvalue weighted by atomic mass is 16.5. The highest BCUT2D eigenvalue weighted by molar-refractivity contribution is 5.99. The Labute approximate surface area is 127 Å². The molecule has 0 radical (unpaired) electrons. The minimum Gasteiger partial charge on any atom is -0.367 e. The number of rotatable bonds is 2. The Balaban J connectivity index is 1.70. The normalized spacial score (nSPS) is 26.6. The van der Waals surface area contributed by atoms with Crippen molar-refractivity contribution in [3.63, 3.8) is 0 Å². The molecule has 0 amide bonds. The molecule has 0 saturated carbocycles. The summed E-state index contributed by atoms with van der Waals surface area (Å²) < 4.78 is 5.81. The molecule has 3 nitrogen and oxygen atoms in total. The van der Waals surface area contributed by atoms with E-state index in [1.165, 1.54) is 18.4 Å². The van der Waals surface area contributed by atoms with Gasteiger partial charge in [0.05, 0.1) is 6.61 Å². The van der Waals surface area contributed by atoms with Gasteiger partial charge in [0.1, 0.15) is 6.10 Å². The van der Waals surface area contributed by atoms with Gasteiger partial charge < -0.3 is 4.74 Å². The van der Waals surface area contributed by atoms with E-state index in [0.717, 1.165) is 18.7 Å². The summed E-state index contributed by atoms with van der Waals surface area (Å²) in [4.78, 5) is 15.0. The van der Waals surface area contributed by atoms with Crippen molar-refractivity contribution in [2.45, 2.75) is 51.2 Å². The summed E-state index contributed by atoms with van der Waals surface area (Å²) in [6, 6.07) is 8.56. The molecule has 0 N–H and O–H groups in total. The third-order valence-corrected chi connectivity index (χ3v) is 4.72. The minimum atomic E-state index is -0.292. The van der Waals surface area contributed by atoms with E-state index in [-0.39, 0.29) is 17.3 Å².